The van der Waals surface area contributed by atoms with Gasteiger partial charge in [-0.1, -0.05) is 17.7 Å². The van der Waals surface area contributed by atoms with Crippen molar-refractivity contribution in [1.82, 2.24) is 0 Å². The molecule has 2 rings (SSSR count). The molecule has 0 aliphatic rings. The van der Waals surface area contributed by atoms with E-state index in [2.05, 4.69) is 0 Å². The van der Waals surface area contributed by atoms with E-state index >= 15 is 0 Å². The molecule has 1 unspecified atom stereocenters. The summed E-state index contributed by atoms with van der Waals surface area (Å²) in [6, 6.07) is 7.89. The van der Waals surface area contributed by atoms with Gasteiger partial charge >= 0.3 is 0 Å². The van der Waals surface area contributed by atoms with Gasteiger partial charge in [-0.05, 0) is 25.1 Å². The van der Waals surface area contributed by atoms with Crippen LogP contribution in [-0.2, 0) is 0 Å². The quantitative estimate of drug-likeness (QED) is 0.819. The molecular formula is C12H11FO2. The van der Waals surface area contributed by atoms with E-state index in [-0.39, 0.29) is 5.56 Å². The highest BCUT2D eigenvalue weighted by molar-refractivity contribution is 5.29. The van der Waals surface area contributed by atoms with E-state index in [0.29, 0.717) is 5.76 Å². The first-order valence-electron chi connectivity index (χ1n) is 4.66. The Balaban J connectivity index is 2.41. The standard InChI is InChI=1S/C12H11FO2/c1-8-4-5-10(13)9(7-8)12(14)11-3-2-6-15-11/h2-7,12,14H,1H3. The third-order valence-electron chi connectivity index (χ3n) is 2.26. The Labute approximate surface area is 87.0 Å². The van der Waals surface area contributed by atoms with E-state index in [0.717, 1.165) is 5.56 Å². The van der Waals surface area contributed by atoms with Gasteiger partial charge in [0.1, 0.15) is 17.7 Å². The third kappa shape index (κ3) is 1.92. The average Bonchev–Trinajstić information content (AvgIpc) is 2.74. The maximum absolute atomic E-state index is 13.4. The smallest absolute Gasteiger partial charge is 0.139 e. The van der Waals surface area contributed by atoms with Crippen molar-refractivity contribution in [2.45, 2.75) is 13.0 Å². The molecule has 1 N–H and O–H groups in total. The molecule has 2 aromatic rings. The van der Waals surface area contributed by atoms with Gasteiger partial charge in [-0.15, -0.1) is 0 Å². The Morgan fingerprint density at radius 3 is 2.80 bits per heavy atom. The van der Waals surface area contributed by atoms with Gasteiger partial charge in [-0.2, -0.15) is 0 Å². The zero-order valence-electron chi connectivity index (χ0n) is 8.27. The lowest BCUT2D eigenvalue weighted by Crippen LogP contribution is -2.01. The van der Waals surface area contributed by atoms with Crippen LogP contribution in [0.1, 0.15) is 23.0 Å². The lowest BCUT2D eigenvalue weighted by atomic mass is 10.0. The first kappa shape index (κ1) is 9.93. The summed E-state index contributed by atoms with van der Waals surface area (Å²) in [6.45, 7) is 1.85. The highest BCUT2D eigenvalue weighted by Crippen LogP contribution is 2.25. The van der Waals surface area contributed by atoms with Crippen molar-refractivity contribution in [1.29, 1.82) is 0 Å². The van der Waals surface area contributed by atoms with Gasteiger partial charge in [0.15, 0.2) is 0 Å². The summed E-state index contributed by atoms with van der Waals surface area (Å²) in [7, 11) is 0. The summed E-state index contributed by atoms with van der Waals surface area (Å²) in [4.78, 5) is 0. The number of rotatable bonds is 2. The van der Waals surface area contributed by atoms with Gasteiger partial charge in [-0.3, -0.25) is 0 Å². The third-order valence-corrected chi connectivity index (χ3v) is 2.26. The summed E-state index contributed by atoms with van der Waals surface area (Å²) in [5.41, 5.74) is 1.14. The van der Waals surface area contributed by atoms with E-state index in [1.165, 1.54) is 12.3 Å². The molecule has 3 heteroatoms. The Morgan fingerprint density at radius 2 is 2.13 bits per heavy atom. The van der Waals surface area contributed by atoms with Crippen molar-refractivity contribution in [2.75, 3.05) is 0 Å². The van der Waals surface area contributed by atoms with Gasteiger partial charge in [0.05, 0.1) is 6.26 Å². The minimum atomic E-state index is -1.04. The van der Waals surface area contributed by atoms with Crippen molar-refractivity contribution in [3.05, 3.63) is 59.3 Å². The zero-order valence-corrected chi connectivity index (χ0v) is 8.27. The topological polar surface area (TPSA) is 33.4 Å². The lowest BCUT2D eigenvalue weighted by Gasteiger charge is -2.09. The monoisotopic (exact) mass is 206 g/mol. The number of benzene rings is 1. The van der Waals surface area contributed by atoms with Crippen molar-refractivity contribution < 1.29 is 13.9 Å². The average molecular weight is 206 g/mol. The molecule has 0 amide bonds. The first-order chi connectivity index (χ1) is 7.18. The molecule has 1 aromatic heterocycles. The molecule has 78 valence electrons. The zero-order chi connectivity index (χ0) is 10.8. The number of furan rings is 1. The Kier molecular flexibility index (Phi) is 2.56. The number of aliphatic hydroxyl groups is 1. The largest absolute Gasteiger partial charge is 0.466 e. The lowest BCUT2D eigenvalue weighted by molar-refractivity contribution is 0.184. The molecule has 0 saturated carbocycles. The van der Waals surface area contributed by atoms with Gasteiger partial charge in [0.25, 0.3) is 0 Å². The predicted octanol–water partition coefficient (Wildman–Crippen LogP) is 2.81. The van der Waals surface area contributed by atoms with Crippen LogP contribution in [0.2, 0.25) is 0 Å². The number of hydrogen-bond donors (Lipinski definition) is 1. The second-order valence-electron chi connectivity index (χ2n) is 3.44. The van der Waals surface area contributed by atoms with Gasteiger partial charge in [-0.25, -0.2) is 4.39 Å². The molecular weight excluding hydrogens is 195 g/mol. The van der Waals surface area contributed by atoms with E-state index in [1.807, 2.05) is 6.92 Å². The van der Waals surface area contributed by atoms with Crippen molar-refractivity contribution in [2.24, 2.45) is 0 Å². The van der Waals surface area contributed by atoms with Crippen LogP contribution in [0.15, 0.2) is 41.0 Å². The molecule has 0 radical (unpaired) electrons. The van der Waals surface area contributed by atoms with Crippen LogP contribution in [0.5, 0.6) is 0 Å². The predicted molar refractivity (Wildman–Crippen MR) is 53.9 cm³/mol. The van der Waals surface area contributed by atoms with Crippen LogP contribution in [0, 0.1) is 12.7 Å². The van der Waals surface area contributed by atoms with Gasteiger partial charge in [0.2, 0.25) is 0 Å². The minimum Gasteiger partial charge on any atom is -0.466 e. The Morgan fingerprint density at radius 1 is 1.33 bits per heavy atom. The van der Waals surface area contributed by atoms with Crippen LogP contribution < -0.4 is 0 Å². The van der Waals surface area contributed by atoms with Crippen molar-refractivity contribution >= 4 is 0 Å². The summed E-state index contributed by atoms with van der Waals surface area (Å²) in [5, 5.41) is 9.85. The molecule has 0 spiro atoms. The Hall–Kier alpha value is -1.61. The summed E-state index contributed by atoms with van der Waals surface area (Å²) in [5.74, 6) is -0.0796. The summed E-state index contributed by atoms with van der Waals surface area (Å²) in [6.07, 6.45) is 0.409. The number of aryl methyl sites for hydroxylation is 1. The highest BCUT2D eigenvalue weighted by atomic mass is 19.1. The van der Waals surface area contributed by atoms with Crippen LogP contribution in [-0.4, -0.2) is 5.11 Å². The fourth-order valence-corrected chi connectivity index (χ4v) is 1.47. The second-order valence-corrected chi connectivity index (χ2v) is 3.44. The fraction of sp³-hybridized carbons (Fsp3) is 0.167. The molecule has 15 heavy (non-hydrogen) atoms. The molecule has 1 aromatic carbocycles. The van der Waals surface area contributed by atoms with Crippen LogP contribution in [0.3, 0.4) is 0 Å². The van der Waals surface area contributed by atoms with E-state index < -0.39 is 11.9 Å². The number of aliphatic hydroxyl groups excluding tert-OH is 1. The molecule has 0 aliphatic heterocycles. The summed E-state index contributed by atoms with van der Waals surface area (Å²) < 4.78 is 18.4. The molecule has 0 fully saturated rings. The van der Waals surface area contributed by atoms with E-state index in [1.54, 1.807) is 24.3 Å². The Bertz CT molecular complexity index is 449. The van der Waals surface area contributed by atoms with Crippen LogP contribution >= 0.6 is 0 Å². The minimum absolute atomic E-state index is 0.241. The first-order valence-corrected chi connectivity index (χ1v) is 4.66. The van der Waals surface area contributed by atoms with E-state index in [9.17, 15) is 9.50 Å². The summed E-state index contributed by atoms with van der Waals surface area (Å²) >= 11 is 0. The maximum atomic E-state index is 13.4. The number of hydrogen-bond acceptors (Lipinski definition) is 2. The van der Waals surface area contributed by atoms with Gasteiger partial charge < -0.3 is 9.52 Å². The molecule has 0 aliphatic carbocycles. The maximum Gasteiger partial charge on any atom is 0.139 e. The van der Waals surface area contributed by atoms with Gasteiger partial charge in [0, 0.05) is 5.56 Å². The molecule has 0 bridgehead atoms. The SMILES string of the molecule is Cc1ccc(F)c(C(O)c2ccco2)c1. The van der Waals surface area contributed by atoms with E-state index in [4.69, 9.17) is 4.42 Å². The fourth-order valence-electron chi connectivity index (χ4n) is 1.47. The normalized spacial score (nSPS) is 12.7. The highest BCUT2D eigenvalue weighted by Gasteiger charge is 2.17. The molecule has 2 nitrogen and oxygen atoms in total. The van der Waals surface area contributed by atoms with Crippen LogP contribution in [0.25, 0.3) is 0 Å². The van der Waals surface area contributed by atoms with Crippen LogP contribution in [0.4, 0.5) is 4.39 Å². The molecule has 0 saturated heterocycles. The van der Waals surface area contributed by atoms with Crippen molar-refractivity contribution in [3.8, 4) is 0 Å². The second kappa shape index (κ2) is 3.87. The molecule has 1 heterocycles. The van der Waals surface area contributed by atoms with Crippen molar-refractivity contribution in [3.63, 3.8) is 0 Å². The molecule has 1 atom stereocenters. The number of halogens is 1.